The Morgan fingerprint density at radius 2 is 2.07 bits per heavy atom. The van der Waals surface area contributed by atoms with Crippen molar-refractivity contribution in [1.82, 2.24) is 0 Å². The first-order chi connectivity index (χ1) is 7.25. The summed E-state index contributed by atoms with van der Waals surface area (Å²) < 4.78 is 1.19. The molecule has 1 aromatic carbocycles. The van der Waals surface area contributed by atoms with E-state index in [2.05, 4.69) is 40.0 Å². The van der Waals surface area contributed by atoms with Gasteiger partial charge in [-0.15, -0.1) is 0 Å². The van der Waals surface area contributed by atoms with E-state index in [4.69, 9.17) is 5.73 Å². The molecule has 0 heterocycles. The Morgan fingerprint density at radius 1 is 1.33 bits per heavy atom. The van der Waals surface area contributed by atoms with E-state index >= 15 is 0 Å². The molecule has 1 aliphatic carbocycles. The Morgan fingerprint density at radius 3 is 2.73 bits per heavy atom. The van der Waals surface area contributed by atoms with Crippen LogP contribution in [0.2, 0.25) is 0 Å². The van der Waals surface area contributed by atoms with Crippen LogP contribution in [-0.2, 0) is 0 Å². The van der Waals surface area contributed by atoms with E-state index in [-0.39, 0.29) is 0 Å². The summed E-state index contributed by atoms with van der Waals surface area (Å²) in [6.45, 7) is 1.07. The molecule has 15 heavy (non-hydrogen) atoms. The highest BCUT2D eigenvalue weighted by Gasteiger charge is 2.14. The van der Waals surface area contributed by atoms with E-state index in [1.165, 1.54) is 29.3 Å². The fourth-order valence-corrected chi connectivity index (χ4v) is 2.68. The lowest BCUT2D eigenvalue weighted by Crippen LogP contribution is -2.12. The third kappa shape index (κ3) is 3.00. The van der Waals surface area contributed by atoms with Crippen molar-refractivity contribution in [2.45, 2.75) is 25.7 Å². The summed E-state index contributed by atoms with van der Waals surface area (Å²) in [5.74, 6) is 0.851. The SMILES string of the molecule is Nc1cc(I)ccc1NCC1CCCC1. The third-order valence-corrected chi connectivity index (χ3v) is 3.74. The van der Waals surface area contributed by atoms with Crippen molar-refractivity contribution in [3.8, 4) is 0 Å². The van der Waals surface area contributed by atoms with Gasteiger partial charge in [-0.2, -0.15) is 0 Å². The minimum atomic E-state index is 0.851. The summed E-state index contributed by atoms with van der Waals surface area (Å²) >= 11 is 2.28. The molecule has 0 bridgehead atoms. The highest BCUT2D eigenvalue weighted by Crippen LogP contribution is 2.26. The zero-order valence-electron chi connectivity index (χ0n) is 8.80. The van der Waals surface area contributed by atoms with Gasteiger partial charge in [0, 0.05) is 10.1 Å². The average Bonchev–Trinajstić information content (AvgIpc) is 2.69. The molecule has 0 atom stereocenters. The summed E-state index contributed by atoms with van der Waals surface area (Å²) in [6.07, 6.45) is 5.54. The molecule has 0 amide bonds. The van der Waals surface area contributed by atoms with Gasteiger partial charge < -0.3 is 11.1 Å². The van der Waals surface area contributed by atoms with Gasteiger partial charge >= 0.3 is 0 Å². The van der Waals surface area contributed by atoms with Crippen LogP contribution < -0.4 is 11.1 Å². The van der Waals surface area contributed by atoms with Crippen LogP contribution in [0.5, 0.6) is 0 Å². The van der Waals surface area contributed by atoms with Crippen LogP contribution in [0.15, 0.2) is 18.2 Å². The molecule has 0 aliphatic heterocycles. The molecule has 1 aromatic rings. The van der Waals surface area contributed by atoms with Crippen LogP contribution in [0, 0.1) is 9.49 Å². The lowest BCUT2D eigenvalue weighted by Gasteiger charge is -2.13. The van der Waals surface area contributed by atoms with Gasteiger partial charge in [0.1, 0.15) is 0 Å². The van der Waals surface area contributed by atoms with Gasteiger partial charge in [0.25, 0.3) is 0 Å². The van der Waals surface area contributed by atoms with Crippen molar-refractivity contribution >= 4 is 34.0 Å². The van der Waals surface area contributed by atoms with Crippen LogP contribution in [-0.4, -0.2) is 6.54 Å². The minimum Gasteiger partial charge on any atom is -0.397 e. The Hall–Kier alpha value is -0.450. The first-order valence-corrected chi connectivity index (χ1v) is 6.62. The summed E-state index contributed by atoms with van der Waals surface area (Å²) in [7, 11) is 0. The molecule has 0 radical (unpaired) electrons. The highest BCUT2D eigenvalue weighted by atomic mass is 127. The normalized spacial score (nSPS) is 16.9. The fourth-order valence-electron chi connectivity index (χ4n) is 2.16. The van der Waals surface area contributed by atoms with Crippen molar-refractivity contribution in [2.24, 2.45) is 5.92 Å². The van der Waals surface area contributed by atoms with Gasteiger partial charge in [0.15, 0.2) is 0 Å². The Kier molecular flexibility index (Phi) is 3.72. The van der Waals surface area contributed by atoms with Gasteiger partial charge in [-0.3, -0.25) is 0 Å². The van der Waals surface area contributed by atoms with Crippen molar-refractivity contribution in [2.75, 3.05) is 17.6 Å². The summed E-state index contributed by atoms with van der Waals surface area (Å²) in [6, 6.07) is 6.18. The van der Waals surface area contributed by atoms with Crippen molar-refractivity contribution in [3.05, 3.63) is 21.8 Å². The van der Waals surface area contributed by atoms with Crippen molar-refractivity contribution < 1.29 is 0 Å². The van der Waals surface area contributed by atoms with E-state index in [0.717, 1.165) is 23.8 Å². The number of nitrogen functional groups attached to an aromatic ring is 1. The maximum Gasteiger partial charge on any atom is 0.0574 e. The van der Waals surface area contributed by atoms with Crippen LogP contribution in [0.4, 0.5) is 11.4 Å². The molecule has 0 spiro atoms. The second-order valence-electron chi connectivity index (χ2n) is 4.26. The van der Waals surface area contributed by atoms with Crippen molar-refractivity contribution in [1.29, 1.82) is 0 Å². The molecule has 1 fully saturated rings. The number of hydrogen-bond donors (Lipinski definition) is 2. The standard InChI is InChI=1S/C12H17IN2/c13-10-5-6-12(11(14)7-10)15-8-9-3-1-2-4-9/h5-7,9,15H,1-4,8,14H2. The second kappa shape index (κ2) is 5.05. The predicted octanol–water partition coefficient (Wildman–Crippen LogP) is 3.48. The number of hydrogen-bond acceptors (Lipinski definition) is 2. The molecule has 3 heteroatoms. The van der Waals surface area contributed by atoms with Crippen molar-refractivity contribution in [3.63, 3.8) is 0 Å². The number of nitrogens with two attached hydrogens (primary N) is 1. The average molecular weight is 316 g/mol. The summed E-state index contributed by atoms with van der Waals surface area (Å²) in [4.78, 5) is 0. The number of nitrogens with one attached hydrogen (secondary N) is 1. The lowest BCUT2D eigenvalue weighted by molar-refractivity contribution is 0.580. The molecule has 0 unspecified atom stereocenters. The number of benzene rings is 1. The molecule has 0 saturated heterocycles. The number of anilines is 2. The second-order valence-corrected chi connectivity index (χ2v) is 5.51. The Bertz CT molecular complexity index is 332. The quantitative estimate of drug-likeness (QED) is 0.662. The van der Waals surface area contributed by atoms with Gasteiger partial charge in [-0.25, -0.2) is 0 Å². The smallest absolute Gasteiger partial charge is 0.0574 e. The predicted molar refractivity (Wildman–Crippen MR) is 74.0 cm³/mol. The van der Waals surface area contributed by atoms with E-state index < -0.39 is 0 Å². The molecule has 1 aliphatic rings. The zero-order valence-corrected chi connectivity index (χ0v) is 11.0. The molecule has 0 aromatic heterocycles. The monoisotopic (exact) mass is 316 g/mol. The molecule has 2 nitrogen and oxygen atoms in total. The molecule has 1 saturated carbocycles. The zero-order chi connectivity index (χ0) is 10.7. The Labute approximate surface area is 105 Å². The summed E-state index contributed by atoms with van der Waals surface area (Å²) in [5, 5.41) is 3.45. The molecular formula is C12H17IN2. The van der Waals surface area contributed by atoms with Gasteiger partial charge in [-0.1, -0.05) is 12.8 Å². The van der Waals surface area contributed by atoms with Gasteiger partial charge in [0.2, 0.25) is 0 Å². The first-order valence-electron chi connectivity index (χ1n) is 5.54. The molecule has 3 N–H and O–H groups in total. The van der Waals surface area contributed by atoms with Crippen LogP contribution in [0.25, 0.3) is 0 Å². The highest BCUT2D eigenvalue weighted by molar-refractivity contribution is 14.1. The van der Waals surface area contributed by atoms with Crippen LogP contribution >= 0.6 is 22.6 Å². The summed E-state index contributed by atoms with van der Waals surface area (Å²) in [5.41, 5.74) is 7.89. The topological polar surface area (TPSA) is 38.0 Å². The number of halogens is 1. The van der Waals surface area contributed by atoms with E-state index in [9.17, 15) is 0 Å². The van der Waals surface area contributed by atoms with Crippen LogP contribution in [0.3, 0.4) is 0 Å². The number of rotatable bonds is 3. The first kappa shape index (κ1) is 11.0. The Balaban J connectivity index is 1.92. The minimum absolute atomic E-state index is 0.851. The van der Waals surface area contributed by atoms with E-state index in [1.54, 1.807) is 0 Å². The van der Waals surface area contributed by atoms with Gasteiger partial charge in [-0.05, 0) is 59.5 Å². The maximum absolute atomic E-state index is 5.94. The van der Waals surface area contributed by atoms with E-state index in [0.29, 0.717) is 0 Å². The molecular weight excluding hydrogens is 299 g/mol. The fraction of sp³-hybridized carbons (Fsp3) is 0.500. The largest absolute Gasteiger partial charge is 0.397 e. The maximum atomic E-state index is 5.94. The van der Waals surface area contributed by atoms with Gasteiger partial charge in [0.05, 0.1) is 11.4 Å². The molecule has 2 rings (SSSR count). The molecule has 82 valence electrons. The van der Waals surface area contributed by atoms with E-state index in [1.807, 2.05) is 6.07 Å². The third-order valence-electron chi connectivity index (χ3n) is 3.07. The van der Waals surface area contributed by atoms with Crippen LogP contribution in [0.1, 0.15) is 25.7 Å². The lowest BCUT2D eigenvalue weighted by atomic mass is 10.1.